The zero-order valence-electron chi connectivity index (χ0n) is 9.29. The van der Waals surface area contributed by atoms with E-state index in [1.165, 1.54) is 25.6 Å². The first-order valence-corrected chi connectivity index (χ1v) is 6.01. The first kappa shape index (κ1) is 11.5. The highest BCUT2D eigenvalue weighted by Crippen LogP contribution is 2.30. The molecule has 1 heterocycles. The fourth-order valence-corrected chi connectivity index (χ4v) is 2.43. The van der Waals surface area contributed by atoms with Crippen LogP contribution in [-0.2, 0) is 0 Å². The molecule has 2 unspecified atom stereocenters. The van der Waals surface area contributed by atoms with Crippen LogP contribution in [0.15, 0.2) is 11.1 Å². The summed E-state index contributed by atoms with van der Waals surface area (Å²) in [6.07, 6.45) is 5.15. The molecule has 2 N–H and O–H groups in total. The van der Waals surface area contributed by atoms with Crippen molar-refractivity contribution in [1.29, 1.82) is 0 Å². The van der Waals surface area contributed by atoms with Gasteiger partial charge in [0.15, 0.2) is 5.82 Å². The van der Waals surface area contributed by atoms with E-state index in [0.717, 1.165) is 12.5 Å². The number of nitrogens with one attached hydrogen (secondary N) is 2. The summed E-state index contributed by atoms with van der Waals surface area (Å²) >= 11 is 5.84. The highest BCUT2D eigenvalue weighted by atomic mass is 35.5. The second-order valence-electron chi connectivity index (χ2n) is 4.56. The van der Waals surface area contributed by atoms with Gasteiger partial charge in [-0.3, -0.25) is 4.79 Å². The second-order valence-corrected chi connectivity index (χ2v) is 4.94. The lowest BCUT2D eigenvalue weighted by Crippen LogP contribution is -2.16. The molecule has 2 rings (SSSR count). The third kappa shape index (κ3) is 2.55. The second kappa shape index (κ2) is 4.87. The standard InChI is InChI=1S/C11H16ClN3O/c1-7-2-3-8(4-7)5-13-10-9(12)11(16)15-6-14-10/h6-8H,2-5H2,1H3,(H2,13,14,15,16). The van der Waals surface area contributed by atoms with Gasteiger partial charge in [-0.1, -0.05) is 24.9 Å². The number of aromatic nitrogens is 2. The maximum Gasteiger partial charge on any atom is 0.271 e. The maximum absolute atomic E-state index is 11.2. The van der Waals surface area contributed by atoms with E-state index in [0.29, 0.717) is 11.7 Å². The van der Waals surface area contributed by atoms with Gasteiger partial charge in [0.25, 0.3) is 5.56 Å². The van der Waals surface area contributed by atoms with E-state index < -0.39 is 0 Å². The molecule has 4 nitrogen and oxygen atoms in total. The van der Waals surface area contributed by atoms with Crippen molar-refractivity contribution in [2.24, 2.45) is 11.8 Å². The lowest BCUT2D eigenvalue weighted by Gasteiger charge is -2.11. The Hall–Kier alpha value is -1.03. The van der Waals surface area contributed by atoms with E-state index in [9.17, 15) is 4.79 Å². The zero-order valence-corrected chi connectivity index (χ0v) is 10.0. The van der Waals surface area contributed by atoms with Gasteiger partial charge < -0.3 is 10.3 Å². The number of halogens is 1. The van der Waals surface area contributed by atoms with Crippen LogP contribution in [0.3, 0.4) is 0 Å². The smallest absolute Gasteiger partial charge is 0.271 e. The Balaban J connectivity index is 1.95. The molecule has 0 amide bonds. The molecule has 2 atom stereocenters. The minimum Gasteiger partial charge on any atom is -0.368 e. The third-order valence-electron chi connectivity index (χ3n) is 3.16. The van der Waals surface area contributed by atoms with Crippen LogP contribution < -0.4 is 10.9 Å². The van der Waals surface area contributed by atoms with Crippen molar-refractivity contribution in [3.05, 3.63) is 21.7 Å². The number of aromatic amines is 1. The Morgan fingerprint density at radius 3 is 3.12 bits per heavy atom. The number of H-pyrrole nitrogens is 1. The van der Waals surface area contributed by atoms with Crippen LogP contribution >= 0.6 is 11.6 Å². The summed E-state index contributed by atoms with van der Waals surface area (Å²) in [4.78, 5) is 17.7. The van der Waals surface area contributed by atoms with Gasteiger partial charge in [0.1, 0.15) is 5.02 Å². The highest BCUT2D eigenvalue weighted by Gasteiger charge is 2.21. The molecule has 0 aliphatic heterocycles. The SMILES string of the molecule is CC1CCC(CNc2nc[nH]c(=O)c2Cl)C1. The van der Waals surface area contributed by atoms with Crippen molar-refractivity contribution in [3.63, 3.8) is 0 Å². The summed E-state index contributed by atoms with van der Waals surface area (Å²) in [5.41, 5.74) is -0.293. The molecular formula is C11H16ClN3O. The summed E-state index contributed by atoms with van der Waals surface area (Å²) in [6.45, 7) is 3.12. The van der Waals surface area contributed by atoms with Crippen LogP contribution in [0.1, 0.15) is 26.2 Å². The third-order valence-corrected chi connectivity index (χ3v) is 3.51. The van der Waals surface area contributed by atoms with Crippen LogP contribution in [0, 0.1) is 11.8 Å². The van der Waals surface area contributed by atoms with Gasteiger partial charge in [0.05, 0.1) is 6.33 Å². The molecule has 1 aromatic heterocycles. The van der Waals surface area contributed by atoms with Crippen LogP contribution in [0.4, 0.5) is 5.82 Å². The molecule has 1 aliphatic carbocycles. The zero-order chi connectivity index (χ0) is 11.5. The molecule has 0 bridgehead atoms. The molecule has 0 spiro atoms. The largest absolute Gasteiger partial charge is 0.368 e. The van der Waals surface area contributed by atoms with Gasteiger partial charge in [-0.05, 0) is 24.7 Å². The average molecular weight is 242 g/mol. The Morgan fingerprint density at radius 1 is 1.62 bits per heavy atom. The summed E-state index contributed by atoms with van der Waals surface area (Å²) in [7, 11) is 0. The van der Waals surface area contributed by atoms with E-state index >= 15 is 0 Å². The molecule has 1 aliphatic rings. The fourth-order valence-electron chi connectivity index (χ4n) is 2.26. The predicted octanol–water partition coefficient (Wildman–Crippen LogP) is 2.27. The molecule has 0 saturated heterocycles. The van der Waals surface area contributed by atoms with E-state index in [1.54, 1.807) is 0 Å². The first-order valence-electron chi connectivity index (χ1n) is 5.64. The lowest BCUT2D eigenvalue weighted by molar-refractivity contribution is 0.536. The van der Waals surface area contributed by atoms with Gasteiger partial charge in [-0.15, -0.1) is 0 Å². The predicted molar refractivity (Wildman–Crippen MR) is 64.9 cm³/mol. The number of hydrogen-bond donors (Lipinski definition) is 2. The molecule has 1 saturated carbocycles. The van der Waals surface area contributed by atoms with Gasteiger partial charge in [-0.2, -0.15) is 0 Å². The van der Waals surface area contributed by atoms with Gasteiger partial charge in [0, 0.05) is 6.54 Å². The molecular weight excluding hydrogens is 226 g/mol. The summed E-state index contributed by atoms with van der Waals surface area (Å²) in [5, 5.41) is 3.30. The van der Waals surface area contributed by atoms with E-state index in [2.05, 4.69) is 22.2 Å². The van der Waals surface area contributed by atoms with Gasteiger partial charge in [0.2, 0.25) is 0 Å². The van der Waals surface area contributed by atoms with Crippen molar-refractivity contribution >= 4 is 17.4 Å². The fraction of sp³-hybridized carbons (Fsp3) is 0.636. The van der Waals surface area contributed by atoms with Crippen LogP contribution in [0.5, 0.6) is 0 Å². The van der Waals surface area contributed by atoms with Crippen molar-refractivity contribution in [2.45, 2.75) is 26.2 Å². The van der Waals surface area contributed by atoms with E-state index in [-0.39, 0.29) is 10.6 Å². The highest BCUT2D eigenvalue weighted by molar-refractivity contribution is 6.32. The quantitative estimate of drug-likeness (QED) is 0.854. The molecule has 1 fully saturated rings. The summed E-state index contributed by atoms with van der Waals surface area (Å²) in [6, 6.07) is 0. The minimum atomic E-state index is -0.293. The molecule has 88 valence electrons. The number of hydrogen-bond acceptors (Lipinski definition) is 3. The van der Waals surface area contributed by atoms with Crippen LogP contribution in [0.2, 0.25) is 5.02 Å². The summed E-state index contributed by atoms with van der Waals surface area (Å²) < 4.78 is 0. The van der Waals surface area contributed by atoms with Crippen molar-refractivity contribution < 1.29 is 0 Å². The minimum absolute atomic E-state index is 0.147. The normalized spacial score (nSPS) is 24.6. The summed E-state index contributed by atoms with van der Waals surface area (Å²) in [5.74, 6) is 1.98. The molecule has 1 aromatic rings. The van der Waals surface area contributed by atoms with Crippen molar-refractivity contribution in [2.75, 3.05) is 11.9 Å². The van der Waals surface area contributed by atoms with E-state index in [4.69, 9.17) is 11.6 Å². The van der Waals surface area contributed by atoms with E-state index in [1.807, 2.05) is 0 Å². The van der Waals surface area contributed by atoms with Crippen molar-refractivity contribution in [1.82, 2.24) is 9.97 Å². The lowest BCUT2D eigenvalue weighted by atomic mass is 10.1. The van der Waals surface area contributed by atoms with Crippen LogP contribution in [0.25, 0.3) is 0 Å². The Bertz CT molecular complexity index is 418. The molecule has 5 heteroatoms. The van der Waals surface area contributed by atoms with Gasteiger partial charge in [-0.25, -0.2) is 4.98 Å². The van der Waals surface area contributed by atoms with Crippen molar-refractivity contribution in [3.8, 4) is 0 Å². The molecule has 0 radical (unpaired) electrons. The topological polar surface area (TPSA) is 57.8 Å². The Morgan fingerprint density at radius 2 is 2.44 bits per heavy atom. The average Bonchev–Trinajstić information content (AvgIpc) is 2.67. The molecule has 16 heavy (non-hydrogen) atoms. The first-order chi connectivity index (χ1) is 7.66. The number of rotatable bonds is 3. The maximum atomic E-state index is 11.2. The Kier molecular flexibility index (Phi) is 3.49. The van der Waals surface area contributed by atoms with Crippen LogP contribution in [-0.4, -0.2) is 16.5 Å². The molecule has 0 aromatic carbocycles. The number of nitrogens with zero attached hydrogens (tertiary/aromatic N) is 1. The number of anilines is 1. The Labute approximate surface area is 99.4 Å². The van der Waals surface area contributed by atoms with Gasteiger partial charge >= 0.3 is 0 Å². The monoisotopic (exact) mass is 241 g/mol.